The SMILES string of the molecule is COc1cccc(COc2ccc(-c3nc(C(=O)NCCc4ccccn4)cs3)c(F)c2)c1. The van der Waals surface area contributed by atoms with Crippen molar-refractivity contribution in [1.82, 2.24) is 15.3 Å². The lowest BCUT2D eigenvalue weighted by molar-refractivity contribution is 0.0950. The van der Waals surface area contributed by atoms with Gasteiger partial charge in [-0.1, -0.05) is 18.2 Å². The molecule has 0 radical (unpaired) electrons. The predicted octanol–water partition coefficient (Wildman–Crippen LogP) is 4.90. The van der Waals surface area contributed by atoms with Crippen molar-refractivity contribution in [2.45, 2.75) is 13.0 Å². The van der Waals surface area contributed by atoms with Gasteiger partial charge in [0.05, 0.1) is 7.11 Å². The fraction of sp³-hybridized carbons (Fsp3) is 0.160. The number of hydrogen-bond donors (Lipinski definition) is 1. The van der Waals surface area contributed by atoms with Gasteiger partial charge in [0, 0.05) is 41.9 Å². The number of methoxy groups -OCH3 is 1. The summed E-state index contributed by atoms with van der Waals surface area (Å²) >= 11 is 1.22. The molecule has 4 aromatic rings. The average molecular weight is 464 g/mol. The van der Waals surface area contributed by atoms with E-state index in [2.05, 4.69) is 15.3 Å². The molecule has 0 unspecified atom stereocenters. The zero-order valence-electron chi connectivity index (χ0n) is 18.0. The number of ether oxygens (including phenoxy) is 2. The molecule has 1 N–H and O–H groups in total. The summed E-state index contributed by atoms with van der Waals surface area (Å²) in [4.78, 5) is 20.9. The summed E-state index contributed by atoms with van der Waals surface area (Å²) in [6, 6.07) is 17.8. The molecular weight excluding hydrogens is 441 g/mol. The van der Waals surface area contributed by atoms with Gasteiger partial charge >= 0.3 is 0 Å². The van der Waals surface area contributed by atoms with Crippen molar-refractivity contribution in [3.05, 3.63) is 95.0 Å². The Morgan fingerprint density at radius 2 is 2.00 bits per heavy atom. The topological polar surface area (TPSA) is 73.3 Å². The first-order valence-corrected chi connectivity index (χ1v) is 11.2. The summed E-state index contributed by atoms with van der Waals surface area (Å²) in [6.45, 7) is 0.729. The second kappa shape index (κ2) is 10.7. The van der Waals surface area contributed by atoms with E-state index in [0.29, 0.717) is 29.3 Å². The van der Waals surface area contributed by atoms with Gasteiger partial charge in [-0.25, -0.2) is 9.37 Å². The number of carbonyl (C=O) groups excluding carboxylic acids is 1. The molecule has 33 heavy (non-hydrogen) atoms. The van der Waals surface area contributed by atoms with Gasteiger partial charge in [-0.2, -0.15) is 0 Å². The Labute approximate surface area is 195 Å². The number of carbonyl (C=O) groups is 1. The van der Waals surface area contributed by atoms with Crippen LogP contribution in [0.4, 0.5) is 4.39 Å². The number of amides is 1. The Bertz CT molecular complexity index is 1230. The first-order valence-electron chi connectivity index (χ1n) is 10.3. The number of aromatic nitrogens is 2. The van der Waals surface area contributed by atoms with E-state index < -0.39 is 5.82 Å². The van der Waals surface area contributed by atoms with E-state index in [-0.39, 0.29) is 18.2 Å². The van der Waals surface area contributed by atoms with Crippen LogP contribution in [0.2, 0.25) is 0 Å². The summed E-state index contributed by atoms with van der Waals surface area (Å²) in [6.07, 6.45) is 2.34. The van der Waals surface area contributed by atoms with Gasteiger partial charge in [-0.05, 0) is 42.0 Å². The van der Waals surface area contributed by atoms with Crippen LogP contribution in [0.25, 0.3) is 10.6 Å². The highest BCUT2D eigenvalue weighted by Crippen LogP contribution is 2.29. The summed E-state index contributed by atoms with van der Waals surface area (Å²) in [5.74, 6) is 0.378. The van der Waals surface area contributed by atoms with E-state index in [1.54, 1.807) is 30.8 Å². The quantitative estimate of drug-likeness (QED) is 0.382. The molecule has 0 spiro atoms. The average Bonchev–Trinajstić information content (AvgIpc) is 3.34. The molecule has 6 nitrogen and oxygen atoms in total. The number of hydrogen-bond acceptors (Lipinski definition) is 6. The van der Waals surface area contributed by atoms with Crippen LogP contribution in [0, 0.1) is 5.82 Å². The second-order valence-corrected chi connectivity index (χ2v) is 8.00. The molecule has 1 amide bonds. The maximum absolute atomic E-state index is 14.7. The molecule has 4 rings (SSSR count). The van der Waals surface area contributed by atoms with Crippen molar-refractivity contribution in [2.24, 2.45) is 0 Å². The minimum Gasteiger partial charge on any atom is -0.497 e. The number of nitrogens with zero attached hydrogens (tertiary/aromatic N) is 2. The normalized spacial score (nSPS) is 10.6. The van der Waals surface area contributed by atoms with E-state index in [4.69, 9.17) is 9.47 Å². The Morgan fingerprint density at radius 3 is 2.79 bits per heavy atom. The van der Waals surface area contributed by atoms with Crippen molar-refractivity contribution in [2.75, 3.05) is 13.7 Å². The van der Waals surface area contributed by atoms with Crippen molar-refractivity contribution in [3.8, 4) is 22.1 Å². The molecule has 0 aliphatic rings. The van der Waals surface area contributed by atoms with Gasteiger partial charge in [0.25, 0.3) is 5.91 Å². The minimum atomic E-state index is -0.463. The largest absolute Gasteiger partial charge is 0.497 e. The molecule has 0 bridgehead atoms. The number of pyridine rings is 1. The Kier molecular flexibility index (Phi) is 7.26. The molecule has 0 fully saturated rings. The number of rotatable bonds is 9. The van der Waals surface area contributed by atoms with Crippen molar-refractivity contribution in [3.63, 3.8) is 0 Å². The van der Waals surface area contributed by atoms with E-state index >= 15 is 0 Å². The third-order valence-corrected chi connectivity index (χ3v) is 5.72. The van der Waals surface area contributed by atoms with Gasteiger partial charge < -0.3 is 14.8 Å². The highest BCUT2D eigenvalue weighted by atomic mass is 32.1. The van der Waals surface area contributed by atoms with Gasteiger partial charge in [0.15, 0.2) is 0 Å². The molecule has 0 aliphatic heterocycles. The van der Waals surface area contributed by atoms with Crippen LogP contribution >= 0.6 is 11.3 Å². The van der Waals surface area contributed by atoms with Gasteiger partial charge in [-0.3, -0.25) is 9.78 Å². The number of thiazole rings is 1. The smallest absolute Gasteiger partial charge is 0.270 e. The number of nitrogens with one attached hydrogen (secondary N) is 1. The first-order chi connectivity index (χ1) is 16.1. The lowest BCUT2D eigenvalue weighted by Crippen LogP contribution is -2.26. The summed E-state index contributed by atoms with van der Waals surface area (Å²) in [7, 11) is 1.60. The highest BCUT2D eigenvalue weighted by Gasteiger charge is 2.15. The minimum absolute atomic E-state index is 0.258. The Morgan fingerprint density at radius 1 is 1.09 bits per heavy atom. The maximum atomic E-state index is 14.7. The van der Waals surface area contributed by atoms with Crippen LogP contribution < -0.4 is 14.8 Å². The number of benzene rings is 2. The van der Waals surface area contributed by atoms with Crippen LogP contribution in [0.3, 0.4) is 0 Å². The van der Waals surface area contributed by atoms with Crippen molar-refractivity contribution >= 4 is 17.2 Å². The third-order valence-electron chi connectivity index (χ3n) is 4.84. The molecule has 0 saturated carbocycles. The standard InChI is InChI=1S/C25H22FN3O3S/c1-31-19-7-4-5-17(13-19)15-32-20-8-9-21(22(26)14-20)25-29-23(16-33-25)24(30)28-12-10-18-6-2-3-11-27-18/h2-9,11,13-14,16H,10,12,15H2,1H3,(H,28,30). The summed E-state index contributed by atoms with van der Waals surface area (Å²) in [5, 5.41) is 4.87. The van der Waals surface area contributed by atoms with Crippen LogP contribution in [0.15, 0.2) is 72.2 Å². The lowest BCUT2D eigenvalue weighted by Gasteiger charge is -2.09. The van der Waals surface area contributed by atoms with E-state index in [9.17, 15) is 9.18 Å². The Hall–Kier alpha value is -3.78. The molecule has 2 aromatic heterocycles. The molecule has 2 heterocycles. The fourth-order valence-electron chi connectivity index (χ4n) is 3.13. The fourth-order valence-corrected chi connectivity index (χ4v) is 3.96. The van der Waals surface area contributed by atoms with E-state index in [0.717, 1.165) is 17.0 Å². The van der Waals surface area contributed by atoms with Crippen LogP contribution in [-0.2, 0) is 13.0 Å². The molecule has 0 aliphatic carbocycles. The van der Waals surface area contributed by atoms with Crippen molar-refractivity contribution in [1.29, 1.82) is 0 Å². The molecule has 168 valence electrons. The van der Waals surface area contributed by atoms with Crippen LogP contribution in [-0.4, -0.2) is 29.5 Å². The summed E-state index contributed by atoms with van der Waals surface area (Å²) in [5.41, 5.74) is 2.39. The van der Waals surface area contributed by atoms with Gasteiger partial charge in [0.1, 0.15) is 34.6 Å². The van der Waals surface area contributed by atoms with Gasteiger partial charge in [-0.15, -0.1) is 11.3 Å². The molecule has 8 heteroatoms. The highest BCUT2D eigenvalue weighted by molar-refractivity contribution is 7.13. The predicted molar refractivity (Wildman–Crippen MR) is 125 cm³/mol. The van der Waals surface area contributed by atoms with Crippen LogP contribution in [0.5, 0.6) is 11.5 Å². The van der Waals surface area contributed by atoms with E-state index in [1.807, 2.05) is 42.5 Å². The zero-order valence-corrected chi connectivity index (χ0v) is 18.8. The van der Waals surface area contributed by atoms with Crippen LogP contribution in [0.1, 0.15) is 21.7 Å². The molecule has 0 atom stereocenters. The molecular formula is C25H22FN3O3S. The monoisotopic (exact) mass is 463 g/mol. The van der Waals surface area contributed by atoms with Gasteiger partial charge in [0.2, 0.25) is 0 Å². The summed E-state index contributed by atoms with van der Waals surface area (Å²) < 4.78 is 25.6. The lowest BCUT2D eigenvalue weighted by atomic mass is 10.2. The first kappa shape index (κ1) is 22.4. The zero-order chi connectivity index (χ0) is 23.0. The third kappa shape index (κ3) is 5.93. The van der Waals surface area contributed by atoms with Crippen molar-refractivity contribution < 1.29 is 18.7 Å². The number of halogens is 1. The molecule has 0 saturated heterocycles. The molecule has 2 aromatic carbocycles. The van der Waals surface area contributed by atoms with E-state index in [1.165, 1.54) is 17.4 Å². The Balaban J connectivity index is 1.35. The second-order valence-electron chi connectivity index (χ2n) is 7.15. The maximum Gasteiger partial charge on any atom is 0.270 e.